The summed E-state index contributed by atoms with van der Waals surface area (Å²) in [6.45, 7) is 0. The van der Waals surface area contributed by atoms with Crippen molar-refractivity contribution in [3.05, 3.63) is 87.6 Å². The number of nitrogens with zero attached hydrogens (tertiary/aromatic N) is 3. The number of pyridine rings is 1. The van der Waals surface area contributed by atoms with E-state index in [1.807, 2.05) is 48.7 Å². The minimum atomic E-state index is 0.699. The molecule has 5 heteroatoms. The lowest BCUT2D eigenvalue weighted by atomic mass is 10.0. The molecule has 2 heterocycles. The molecule has 0 unspecified atom stereocenters. The second-order valence-electron chi connectivity index (χ2n) is 5.50. The van der Waals surface area contributed by atoms with Crippen LogP contribution in [0.25, 0.3) is 16.7 Å². The fraction of sp³-hybridized carbons (Fsp3) is 0.0526. The average molecular weight is 399 g/mol. The van der Waals surface area contributed by atoms with Gasteiger partial charge in [-0.2, -0.15) is 5.10 Å². The molecule has 0 fully saturated rings. The summed E-state index contributed by atoms with van der Waals surface area (Å²) < 4.78 is 2.75. The van der Waals surface area contributed by atoms with Gasteiger partial charge in [0.2, 0.25) is 0 Å². The molecule has 0 radical (unpaired) electrons. The van der Waals surface area contributed by atoms with Crippen LogP contribution in [0.4, 0.5) is 0 Å². The first-order valence-electron chi connectivity index (χ1n) is 7.54. The minimum Gasteiger partial charge on any atom is -0.228 e. The second kappa shape index (κ2) is 6.38. The number of hydrogen-bond donors (Lipinski definition) is 0. The highest BCUT2D eigenvalue weighted by atomic mass is 79.9. The summed E-state index contributed by atoms with van der Waals surface area (Å²) in [5, 5.41) is 6.00. The van der Waals surface area contributed by atoms with Crippen molar-refractivity contribution in [3.63, 3.8) is 0 Å². The standard InChI is InChI=1S/C19H13BrClN3/c20-14-7-8-17-15(12-14)18(21)16(11-13-5-2-1-3-6-13)19(23-17)24-10-4-9-22-24/h1-10,12H,11H2. The minimum absolute atomic E-state index is 0.699. The fourth-order valence-corrected chi connectivity index (χ4v) is 3.43. The number of benzene rings is 2. The number of halogens is 2. The van der Waals surface area contributed by atoms with Gasteiger partial charge in [0, 0.05) is 34.2 Å². The molecular formula is C19H13BrClN3. The van der Waals surface area contributed by atoms with Crippen molar-refractivity contribution in [3.8, 4) is 5.82 Å². The predicted octanol–water partition coefficient (Wildman–Crippen LogP) is 5.43. The number of fused-ring (bicyclic) bond motifs is 1. The number of hydrogen-bond acceptors (Lipinski definition) is 2. The molecule has 4 aromatic rings. The van der Waals surface area contributed by atoms with E-state index < -0.39 is 0 Å². The molecule has 118 valence electrons. The Balaban J connectivity index is 1.97. The molecule has 0 saturated carbocycles. The summed E-state index contributed by atoms with van der Waals surface area (Å²) in [5.74, 6) is 0.767. The van der Waals surface area contributed by atoms with Crippen LogP contribution in [0.3, 0.4) is 0 Å². The molecule has 0 saturated heterocycles. The van der Waals surface area contributed by atoms with Gasteiger partial charge in [-0.1, -0.05) is 57.9 Å². The van der Waals surface area contributed by atoms with Crippen LogP contribution in [0.2, 0.25) is 5.02 Å². The van der Waals surface area contributed by atoms with Gasteiger partial charge >= 0.3 is 0 Å². The SMILES string of the molecule is Clc1c(Cc2ccccc2)c(-n2cccn2)nc2ccc(Br)cc12. The molecule has 0 amide bonds. The van der Waals surface area contributed by atoms with Crippen molar-refractivity contribution < 1.29 is 0 Å². The number of rotatable bonds is 3. The molecule has 4 rings (SSSR count). The summed E-state index contributed by atoms with van der Waals surface area (Å²) in [5.41, 5.74) is 3.01. The van der Waals surface area contributed by atoms with Crippen molar-refractivity contribution in [1.29, 1.82) is 0 Å². The van der Waals surface area contributed by atoms with E-state index in [0.29, 0.717) is 6.42 Å². The van der Waals surface area contributed by atoms with Crippen LogP contribution < -0.4 is 0 Å². The van der Waals surface area contributed by atoms with Gasteiger partial charge < -0.3 is 0 Å². The molecule has 2 aromatic carbocycles. The van der Waals surface area contributed by atoms with Crippen LogP contribution in [0, 0.1) is 0 Å². The van der Waals surface area contributed by atoms with Crippen molar-refractivity contribution in [2.75, 3.05) is 0 Å². The lowest BCUT2D eigenvalue weighted by Gasteiger charge is -2.14. The maximum Gasteiger partial charge on any atom is 0.159 e. The molecule has 0 atom stereocenters. The summed E-state index contributed by atoms with van der Waals surface area (Å²) >= 11 is 10.3. The van der Waals surface area contributed by atoms with E-state index >= 15 is 0 Å². The molecule has 0 aliphatic heterocycles. The molecule has 3 nitrogen and oxygen atoms in total. The van der Waals surface area contributed by atoms with E-state index in [9.17, 15) is 0 Å². The highest BCUT2D eigenvalue weighted by molar-refractivity contribution is 9.10. The average Bonchev–Trinajstić information content (AvgIpc) is 3.13. The van der Waals surface area contributed by atoms with Crippen LogP contribution in [0.15, 0.2) is 71.5 Å². The van der Waals surface area contributed by atoms with E-state index in [1.54, 1.807) is 10.9 Å². The largest absolute Gasteiger partial charge is 0.228 e. The van der Waals surface area contributed by atoms with Gasteiger partial charge in [-0.05, 0) is 29.8 Å². The topological polar surface area (TPSA) is 30.7 Å². The third-order valence-electron chi connectivity index (χ3n) is 3.90. The van der Waals surface area contributed by atoms with Gasteiger partial charge in [0.1, 0.15) is 0 Å². The zero-order chi connectivity index (χ0) is 16.5. The Morgan fingerprint density at radius 2 is 1.88 bits per heavy atom. The van der Waals surface area contributed by atoms with Crippen LogP contribution in [-0.4, -0.2) is 14.8 Å². The third kappa shape index (κ3) is 2.83. The van der Waals surface area contributed by atoms with Crippen LogP contribution >= 0.6 is 27.5 Å². The Morgan fingerprint density at radius 1 is 1.04 bits per heavy atom. The second-order valence-corrected chi connectivity index (χ2v) is 6.80. The monoisotopic (exact) mass is 397 g/mol. The molecule has 0 aliphatic rings. The molecule has 0 aliphatic carbocycles. The smallest absolute Gasteiger partial charge is 0.159 e. The summed E-state index contributed by atoms with van der Waals surface area (Å²) in [6.07, 6.45) is 4.33. The Bertz CT molecular complexity index is 998. The highest BCUT2D eigenvalue weighted by Gasteiger charge is 2.16. The van der Waals surface area contributed by atoms with Crippen molar-refractivity contribution in [2.45, 2.75) is 6.42 Å². The van der Waals surface area contributed by atoms with Gasteiger partial charge in [0.25, 0.3) is 0 Å². The lowest BCUT2D eigenvalue weighted by molar-refractivity contribution is 0.837. The van der Waals surface area contributed by atoms with Crippen LogP contribution in [0.1, 0.15) is 11.1 Å². The Hall–Kier alpha value is -2.17. The fourth-order valence-electron chi connectivity index (χ4n) is 2.76. The third-order valence-corrected chi connectivity index (χ3v) is 4.83. The van der Waals surface area contributed by atoms with Gasteiger partial charge in [0.05, 0.1) is 10.5 Å². The van der Waals surface area contributed by atoms with Crippen molar-refractivity contribution in [2.24, 2.45) is 0 Å². The molecule has 24 heavy (non-hydrogen) atoms. The van der Waals surface area contributed by atoms with Crippen LogP contribution in [-0.2, 0) is 6.42 Å². The maximum atomic E-state index is 6.78. The molecule has 0 bridgehead atoms. The first-order chi connectivity index (χ1) is 11.7. The van der Waals surface area contributed by atoms with Gasteiger partial charge in [-0.25, -0.2) is 9.67 Å². The first kappa shape index (κ1) is 15.4. The van der Waals surface area contributed by atoms with Crippen molar-refractivity contribution >= 4 is 38.4 Å². The van der Waals surface area contributed by atoms with Crippen LogP contribution in [0.5, 0.6) is 0 Å². The first-order valence-corrected chi connectivity index (χ1v) is 8.71. The number of aromatic nitrogens is 3. The molecule has 2 aromatic heterocycles. The van der Waals surface area contributed by atoms with Gasteiger partial charge in [0.15, 0.2) is 5.82 Å². The highest BCUT2D eigenvalue weighted by Crippen LogP contribution is 2.33. The molecular weight excluding hydrogens is 386 g/mol. The lowest BCUT2D eigenvalue weighted by Crippen LogP contribution is -2.06. The van der Waals surface area contributed by atoms with E-state index in [4.69, 9.17) is 16.6 Å². The molecule has 0 N–H and O–H groups in total. The summed E-state index contributed by atoms with van der Waals surface area (Å²) in [4.78, 5) is 4.81. The zero-order valence-corrected chi connectivity index (χ0v) is 15.0. The van der Waals surface area contributed by atoms with E-state index in [0.717, 1.165) is 31.8 Å². The summed E-state index contributed by atoms with van der Waals surface area (Å²) in [7, 11) is 0. The van der Waals surface area contributed by atoms with E-state index in [2.05, 4.69) is 33.2 Å². The quantitative estimate of drug-likeness (QED) is 0.461. The Labute approximate surface area is 153 Å². The maximum absolute atomic E-state index is 6.78. The van der Waals surface area contributed by atoms with Gasteiger partial charge in [-0.3, -0.25) is 0 Å². The molecule has 0 spiro atoms. The zero-order valence-electron chi connectivity index (χ0n) is 12.7. The van der Waals surface area contributed by atoms with E-state index in [1.165, 1.54) is 5.56 Å². The Morgan fingerprint density at radius 3 is 2.62 bits per heavy atom. The summed E-state index contributed by atoms with van der Waals surface area (Å²) in [6, 6.07) is 18.1. The van der Waals surface area contributed by atoms with E-state index in [-0.39, 0.29) is 0 Å². The van der Waals surface area contributed by atoms with Gasteiger partial charge in [-0.15, -0.1) is 0 Å². The Kier molecular flexibility index (Phi) is 4.08. The van der Waals surface area contributed by atoms with Crippen molar-refractivity contribution in [1.82, 2.24) is 14.8 Å². The normalized spacial score (nSPS) is 11.1. The predicted molar refractivity (Wildman–Crippen MR) is 101 cm³/mol.